The van der Waals surface area contributed by atoms with Crippen LogP contribution >= 0.6 is 0 Å². The van der Waals surface area contributed by atoms with E-state index in [4.69, 9.17) is 9.47 Å². The summed E-state index contributed by atoms with van der Waals surface area (Å²) in [4.78, 5) is 2.22. The van der Waals surface area contributed by atoms with Crippen LogP contribution in [0.25, 0.3) is 0 Å². The Morgan fingerprint density at radius 1 is 0.917 bits per heavy atom. The Morgan fingerprint density at radius 2 is 1.38 bits per heavy atom. The Bertz CT molecular complexity index is 688. The van der Waals surface area contributed by atoms with Gasteiger partial charge in [0.05, 0.1) is 25.4 Å². The van der Waals surface area contributed by atoms with Crippen LogP contribution < -0.4 is 0 Å². The SMILES string of the molecule is Cc1ccccc1C1OCC2(CO)COC(c3ccccc3C)N12. The zero-order valence-electron chi connectivity index (χ0n) is 14.1. The lowest BCUT2D eigenvalue weighted by Gasteiger charge is -2.34. The van der Waals surface area contributed by atoms with Gasteiger partial charge in [-0.15, -0.1) is 0 Å². The van der Waals surface area contributed by atoms with Gasteiger partial charge in [-0.05, 0) is 36.1 Å². The van der Waals surface area contributed by atoms with Crippen molar-refractivity contribution in [2.75, 3.05) is 19.8 Å². The summed E-state index contributed by atoms with van der Waals surface area (Å²) in [6.45, 7) is 5.17. The minimum Gasteiger partial charge on any atom is -0.394 e. The van der Waals surface area contributed by atoms with Crippen LogP contribution in [0.5, 0.6) is 0 Å². The van der Waals surface area contributed by atoms with Gasteiger partial charge in [-0.25, -0.2) is 4.90 Å². The Morgan fingerprint density at radius 3 is 1.79 bits per heavy atom. The summed E-state index contributed by atoms with van der Waals surface area (Å²) in [6, 6.07) is 16.5. The second-order valence-electron chi connectivity index (χ2n) is 6.83. The predicted octanol–water partition coefficient (Wildman–Crippen LogP) is 3.09. The lowest BCUT2D eigenvalue weighted by Crippen LogP contribution is -2.47. The predicted molar refractivity (Wildman–Crippen MR) is 91.4 cm³/mol. The largest absolute Gasteiger partial charge is 0.394 e. The quantitative estimate of drug-likeness (QED) is 0.942. The maximum Gasteiger partial charge on any atom is 0.140 e. The van der Waals surface area contributed by atoms with E-state index in [1.54, 1.807) is 0 Å². The van der Waals surface area contributed by atoms with Crippen molar-refractivity contribution in [2.24, 2.45) is 0 Å². The molecule has 2 aliphatic heterocycles. The van der Waals surface area contributed by atoms with Crippen LogP contribution in [0.15, 0.2) is 48.5 Å². The molecule has 2 aliphatic rings. The lowest BCUT2D eigenvalue weighted by atomic mass is 9.99. The van der Waals surface area contributed by atoms with Gasteiger partial charge in [0.25, 0.3) is 0 Å². The highest BCUT2D eigenvalue weighted by Crippen LogP contribution is 2.49. The van der Waals surface area contributed by atoms with Crippen LogP contribution in [0.3, 0.4) is 0 Å². The molecule has 0 aromatic heterocycles. The first kappa shape index (κ1) is 15.8. The van der Waals surface area contributed by atoms with Crippen molar-refractivity contribution in [3.8, 4) is 0 Å². The van der Waals surface area contributed by atoms with Crippen LogP contribution in [0.2, 0.25) is 0 Å². The second-order valence-corrected chi connectivity index (χ2v) is 6.83. The van der Waals surface area contributed by atoms with E-state index in [0.717, 1.165) is 11.1 Å². The highest BCUT2D eigenvalue weighted by atomic mass is 16.6. The van der Waals surface area contributed by atoms with Gasteiger partial charge in [0.2, 0.25) is 0 Å². The maximum atomic E-state index is 10.1. The molecule has 1 N–H and O–H groups in total. The average molecular weight is 325 g/mol. The maximum absolute atomic E-state index is 10.1. The highest BCUT2D eigenvalue weighted by Gasteiger charge is 2.56. The van der Waals surface area contributed by atoms with E-state index in [0.29, 0.717) is 13.2 Å². The Kier molecular flexibility index (Phi) is 3.93. The Labute approximate surface area is 142 Å². The number of benzene rings is 2. The molecule has 0 radical (unpaired) electrons. The lowest BCUT2D eigenvalue weighted by molar-refractivity contribution is -0.0635. The van der Waals surface area contributed by atoms with Gasteiger partial charge in [0, 0.05) is 0 Å². The van der Waals surface area contributed by atoms with Crippen molar-refractivity contribution in [3.63, 3.8) is 0 Å². The molecule has 2 unspecified atom stereocenters. The van der Waals surface area contributed by atoms with E-state index in [-0.39, 0.29) is 19.1 Å². The van der Waals surface area contributed by atoms with Crippen molar-refractivity contribution in [2.45, 2.75) is 31.8 Å². The standard InChI is InChI=1S/C20H23NO3/c1-14-7-3-5-9-16(14)18-21-19(17-10-6-4-8-15(17)2)24-13-20(21,11-22)12-23-18/h3-10,18-19,22H,11-13H2,1-2H3. The third kappa shape index (κ3) is 2.30. The molecule has 2 aromatic carbocycles. The molecule has 0 amide bonds. The number of fused-ring (bicyclic) bond motifs is 1. The summed E-state index contributed by atoms with van der Waals surface area (Å²) >= 11 is 0. The van der Waals surface area contributed by atoms with Gasteiger partial charge in [-0.3, -0.25) is 0 Å². The number of hydrogen-bond acceptors (Lipinski definition) is 4. The Hall–Kier alpha value is -1.72. The number of aryl methyl sites for hydroxylation is 2. The van der Waals surface area contributed by atoms with Gasteiger partial charge >= 0.3 is 0 Å². The molecule has 2 atom stereocenters. The molecule has 126 valence electrons. The number of hydrogen-bond donors (Lipinski definition) is 1. The number of rotatable bonds is 3. The molecule has 4 nitrogen and oxygen atoms in total. The molecule has 0 spiro atoms. The van der Waals surface area contributed by atoms with Crippen molar-refractivity contribution >= 4 is 0 Å². The van der Waals surface area contributed by atoms with Gasteiger partial charge in [0.15, 0.2) is 0 Å². The molecule has 0 bridgehead atoms. The molecule has 0 saturated carbocycles. The summed E-state index contributed by atoms with van der Waals surface area (Å²) in [5, 5.41) is 10.1. The topological polar surface area (TPSA) is 41.9 Å². The average Bonchev–Trinajstić information content (AvgIpc) is 3.14. The molecule has 2 fully saturated rings. The van der Waals surface area contributed by atoms with E-state index in [2.05, 4.69) is 43.0 Å². The fourth-order valence-electron chi connectivity index (χ4n) is 3.82. The number of ether oxygens (including phenoxy) is 2. The normalized spacial score (nSPS) is 29.8. The van der Waals surface area contributed by atoms with Crippen LogP contribution in [0.1, 0.15) is 34.7 Å². The van der Waals surface area contributed by atoms with E-state index < -0.39 is 5.54 Å². The molecular weight excluding hydrogens is 302 g/mol. The molecule has 2 saturated heterocycles. The third-order valence-electron chi connectivity index (χ3n) is 5.28. The molecule has 0 aliphatic carbocycles. The summed E-state index contributed by atoms with van der Waals surface area (Å²) < 4.78 is 12.3. The molecular formula is C20H23NO3. The van der Waals surface area contributed by atoms with Gasteiger partial charge in [0.1, 0.15) is 12.5 Å². The third-order valence-corrected chi connectivity index (χ3v) is 5.28. The Balaban J connectivity index is 1.79. The summed E-state index contributed by atoms with van der Waals surface area (Å²) in [7, 11) is 0. The van der Waals surface area contributed by atoms with Crippen LogP contribution in [0, 0.1) is 13.8 Å². The van der Waals surface area contributed by atoms with E-state index in [1.165, 1.54) is 11.1 Å². The minimum absolute atomic E-state index is 0.0256. The van der Waals surface area contributed by atoms with Gasteiger partial charge in [-0.1, -0.05) is 48.5 Å². The molecule has 4 heteroatoms. The highest BCUT2D eigenvalue weighted by molar-refractivity contribution is 5.33. The van der Waals surface area contributed by atoms with Crippen LogP contribution in [-0.2, 0) is 9.47 Å². The molecule has 2 heterocycles. The zero-order valence-corrected chi connectivity index (χ0v) is 14.1. The van der Waals surface area contributed by atoms with Gasteiger partial charge in [-0.2, -0.15) is 0 Å². The fraction of sp³-hybridized carbons (Fsp3) is 0.400. The molecule has 4 rings (SSSR count). The minimum atomic E-state index is -0.472. The number of aliphatic hydroxyl groups excluding tert-OH is 1. The summed E-state index contributed by atoms with van der Waals surface area (Å²) in [5.74, 6) is 0. The fourth-order valence-corrected chi connectivity index (χ4v) is 3.82. The summed E-state index contributed by atoms with van der Waals surface area (Å²) in [5.41, 5.74) is 4.17. The first-order valence-corrected chi connectivity index (χ1v) is 8.40. The van der Waals surface area contributed by atoms with E-state index >= 15 is 0 Å². The van der Waals surface area contributed by atoms with Crippen LogP contribution in [0.4, 0.5) is 0 Å². The number of aliphatic hydroxyl groups is 1. The van der Waals surface area contributed by atoms with E-state index in [9.17, 15) is 5.11 Å². The van der Waals surface area contributed by atoms with Crippen molar-refractivity contribution in [3.05, 3.63) is 70.8 Å². The van der Waals surface area contributed by atoms with Crippen molar-refractivity contribution in [1.82, 2.24) is 4.90 Å². The first-order valence-electron chi connectivity index (χ1n) is 8.40. The second kappa shape index (κ2) is 5.97. The van der Waals surface area contributed by atoms with Crippen molar-refractivity contribution in [1.29, 1.82) is 0 Å². The first-order chi connectivity index (χ1) is 11.7. The smallest absolute Gasteiger partial charge is 0.140 e. The molecule has 24 heavy (non-hydrogen) atoms. The van der Waals surface area contributed by atoms with Crippen molar-refractivity contribution < 1.29 is 14.6 Å². The monoisotopic (exact) mass is 325 g/mol. The van der Waals surface area contributed by atoms with E-state index in [1.807, 2.05) is 24.3 Å². The van der Waals surface area contributed by atoms with Gasteiger partial charge < -0.3 is 14.6 Å². The number of nitrogens with zero attached hydrogens (tertiary/aromatic N) is 1. The molecule has 2 aromatic rings. The van der Waals surface area contributed by atoms with Crippen LogP contribution in [-0.4, -0.2) is 35.4 Å². The summed E-state index contributed by atoms with van der Waals surface area (Å²) in [6.07, 6.45) is -0.407. The zero-order chi connectivity index (χ0) is 16.7.